The smallest absolute Gasteiger partial charge is 0.0540 e. The van der Waals surface area contributed by atoms with E-state index in [0.29, 0.717) is 0 Å². The van der Waals surface area contributed by atoms with Gasteiger partial charge in [-0.25, -0.2) is 0 Å². The molecule has 6 aliphatic rings. The lowest BCUT2D eigenvalue weighted by atomic mass is 9.43. The molecule has 4 fully saturated rings. The zero-order valence-corrected chi connectivity index (χ0v) is 31.8. The molecule has 1 spiro atoms. The average Bonchev–Trinajstić information content (AvgIpc) is 3.47. The Balaban J connectivity index is 1.09. The highest BCUT2D eigenvalue weighted by Crippen LogP contribution is 2.70. The summed E-state index contributed by atoms with van der Waals surface area (Å²) in [5.74, 6) is 3.45. The normalized spacial score (nSPS) is 26.7. The molecular formula is C52H51N. The fourth-order valence-electron chi connectivity index (χ4n) is 12.9. The molecule has 264 valence electrons. The number of rotatable bonds is 4. The Morgan fingerprint density at radius 2 is 1.08 bits per heavy atom. The third kappa shape index (κ3) is 4.43. The number of benzene rings is 6. The van der Waals surface area contributed by atoms with Gasteiger partial charge < -0.3 is 4.90 Å². The maximum atomic E-state index is 2.57. The summed E-state index contributed by atoms with van der Waals surface area (Å²) in [5.41, 5.74) is 16.1. The molecule has 0 aliphatic heterocycles. The second-order valence-electron chi connectivity index (χ2n) is 18.8. The molecule has 0 radical (unpaired) electrons. The van der Waals surface area contributed by atoms with Crippen LogP contribution in [-0.2, 0) is 16.2 Å². The maximum Gasteiger partial charge on any atom is 0.0540 e. The summed E-state index contributed by atoms with van der Waals surface area (Å²) < 4.78 is 0. The first-order valence-corrected chi connectivity index (χ1v) is 20.5. The summed E-state index contributed by atoms with van der Waals surface area (Å²) >= 11 is 0. The molecule has 4 bridgehead atoms. The molecule has 6 aromatic carbocycles. The van der Waals surface area contributed by atoms with E-state index in [9.17, 15) is 0 Å². The highest BCUT2D eigenvalue weighted by molar-refractivity contribution is 6.00. The first-order chi connectivity index (χ1) is 25.7. The summed E-state index contributed by atoms with van der Waals surface area (Å²) in [5, 5.41) is 2.55. The summed E-state index contributed by atoms with van der Waals surface area (Å²) in [7, 11) is 0. The van der Waals surface area contributed by atoms with Gasteiger partial charge in [0.25, 0.3) is 0 Å². The molecule has 1 nitrogen and oxygen atoms in total. The van der Waals surface area contributed by atoms with Crippen molar-refractivity contribution in [1.29, 1.82) is 0 Å². The minimum Gasteiger partial charge on any atom is -0.310 e. The Morgan fingerprint density at radius 1 is 0.491 bits per heavy atom. The number of hydrogen-bond donors (Lipinski definition) is 0. The van der Waals surface area contributed by atoms with Gasteiger partial charge in [-0.1, -0.05) is 131 Å². The predicted octanol–water partition coefficient (Wildman–Crippen LogP) is 14.0. The second-order valence-corrected chi connectivity index (χ2v) is 18.8. The lowest BCUT2D eigenvalue weighted by Crippen LogP contribution is -2.55. The van der Waals surface area contributed by atoms with Crippen LogP contribution < -0.4 is 4.90 Å². The van der Waals surface area contributed by atoms with Crippen LogP contribution in [0.15, 0.2) is 127 Å². The summed E-state index contributed by atoms with van der Waals surface area (Å²) in [6, 6.07) is 49.2. The number of anilines is 3. The van der Waals surface area contributed by atoms with E-state index in [-0.39, 0.29) is 16.2 Å². The van der Waals surface area contributed by atoms with Gasteiger partial charge in [-0.05, 0) is 154 Å². The van der Waals surface area contributed by atoms with Crippen molar-refractivity contribution < 1.29 is 0 Å². The van der Waals surface area contributed by atoms with E-state index in [1.165, 1.54) is 106 Å². The fourth-order valence-corrected chi connectivity index (χ4v) is 12.9. The minimum atomic E-state index is 0.0656. The summed E-state index contributed by atoms with van der Waals surface area (Å²) in [4.78, 5) is 2.57. The molecule has 0 N–H and O–H groups in total. The topological polar surface area (TPSA) is 3.24 Å². The number of nitrogens with zero attached hydrogens (tertiary/aromatic N) is 1. The van der Waals surface area contributed by atoms with E-state index < -0.39 is 0 Å². The minimum absolute atomic E-state index is 0.0656. The van der Waals surface area contributed by atoms with Crippen molar-refractivity contribution >= 4 is 27.8 Å². The standard InChI is InChI=1S/C52H51N/c1-50(2)26-27-51(3,4)49-45(50)19-11-21-47(49)53(46-20-9-13-35-12-5-6-14-40(35)46)39-24-22-36(23-25-39)41-16-10-18-44-48(41)42-15-7-8-17-43(42)52(44)37-29-33-28-34(31-37)32-38(52)30-33/h5-25,33-34,37-38H,26-32H2,1-4H3. The molecule has 0 unspecified atom stereocenters. The van der Waals surface area contributed by atoms with E-state index in [2.05, 4.69) is 160 Å². The van der Waals surface area contributed by atoms with Gasteiger partial charge in [-0.3, -0.25) is 0 Å². The van der Waals surface area contributed by atoms with Gasteiger partial charge >= 0.3 is 0 Å². The van der Waals surface area contributed by atoms with Crippen LogP contribution in [0.3, 0.4) is 0 Å². The van der Waals surface area contributed by atoms with E-state index in [1.54, 1.807) is 11.1 Å². The Kier molecular flexibility index (Phi) is 6.74. The molecule has 53 heavy (non-hydrogen) atoms. The van der Waals surface area contributed by atoms with Crippen LogP contribution in [0.4, 0.5) is 17.1 Å². The van der Waals surface area contributed by atoms with Crippen molar-refractivity contribution in [3.63, 3.8) is 0 Å². The van der Waals surface area contributed by atoms with Crippen LogP contribution in [0.1, 0.15) is 94.9 Å². The molecule has 0 aromatic heterocycles. The summed E-state index contributed by atoms with van der Waals surface area (Å²) in [6.45, 7) is 9.79. The third-order valence-electron chi connectivity index (χ3n) is 15.1. The first kappa shape index (κ1) is 31.9. The van der Waals surface area contributed by atoms with Crippen molar-refractivity contribution in [2.24, 2.45) is 23.7 Å². The zero-order valence-electron chi connectivity index (χ0n) is 31.8. The quantitative estimate of drug-likeness (QED) is 0.178. The van der Waals surface area contributed by atoms with E-state index >= 15 is 0 Å². The first-order valence-electron chi connectivity index (χ1n) is 20.5. The Labute approximate surface area is 316 Å². The lowest BCUT2D eigenvalue weighted by Gasteiger charge is -2.61. The monoisotopic (exact) mass is 689 g/mol. The second kappa shape index (κ2) is 11.2. The van der Waals surface area contributed by atoms with Gasteiger partial charge in [0.05, 0.1) is 11.4 Å². The van der Waals surface area contributed by atoms with E-state index in [4.69, 9.17) is 0 Å². The molecule has 1 heteroatoms. The van der Waals surface area contributed by atoms with Crippen LogP contribution >= 0.6 is 0 Å². The van der Waals surface area contributed by atoms with Crippen molar-refractivity contribution in [3.05, 3.63) is 150 Å². The Bertz CT molecular complexity index is 2390. The zero-order chi connectivity index (χ0) is 35.7. The summed E-state index contributed by atoms with van der Waals surface area (Å²) in [6.07, 6.45) is 9.54. The predicted molar refractivity (Wildman–Crippen MR) is 223 cm³/mol. The molecule has 0 atom stereocenters. The Hall–Kier alpha value is -4.62. The molecule has 0 saturated heterocycles. The van der Waals surface area contributed by atoms with Gasteiger partial charge in [-0.15, -0.1) is 0 Å². The van der Waals surface area contributed by atoms with Gasteiger partial charge in [0.1, 0.15) is 0 Å². The van der Waals surface area contributed by atoms with Crippen molar-refractivity contribution in [2.75, 3.05) is 4.90 Å². The van der Waals surface area contributed by atoms with Crippen molar-refractivity contribution in [1.82, 2.24) is 0 Å². The van der Waals surface area contributed by atoms with Gasteiger partial charge in [0.15, 0.2) is 0 Å². The van der Waals surface area contributed by atoms with Crippen molar-refractivity contribution in [3.8, 4) is 22.3 Å². The largest absolute Gasteiger partial charge is 0.310 e. The molecular weight excluding hydrogens is 639 g/mol. The molecule has 6 aliphatic carbocycles. The van der Waals surface area contributed by atoms with Crippen LogP contribution in [-0.4, -0.2) is 0 Å². The molecule has 12 rings (SSSR count). The highest BCUT2D eigenvalue weighted by atomic mass is 15.1. The van der Waals surface area contributed by atoms with Crippen LogP contribution in [0.25, 0.3) is 33.0 Å². The van der Waals surface area contributed by atoms with Gasteiger partial charge in [0.2, 0.25) is 0 Å². The highest BCUT2D eigenvalue weighted by Gasteiger charge is 2.61. The van der Waals surface area contributed by atoms with Gasteiger partial charge in [-0.2, -0.15) is 0 Å². The van der Waals surface area contributed by atoms with E-state index in [1.807, 2.05) is 0 Å². The van der Waals surface area contributed by atoms with Crippen LogP contribution in [0.2, 0.25) is 0 Å². The Morgan fingerprint density at radius 3 is 1.87 bits per heavy atom. The molecule has 6 aromatic rings. The molecule has 4 saturated carbocycles. The lowest BCUT2D eigenvalue weighted by molar-refractivity contribution is -0.0399. The fraction of sp³-hybridized carbons (Fsp3) is 0.346. The third-order valence-corrected chi connectivity index (χ3v) is 15.1. The SMILES string of the molecule is CC1(C)CCC(C)(C)c2c(N(c3ccc(-c4cccc5c4-c4ccccc4C54C5CC6CC(C5)CC4C6)cc3)c3cccc4ccccc34)cccc21. The van der Waals surface area contributed by atoms with Gasteiger partial charge in [0, 0.05) is 16.5 Å². The average molecular weight is 690 g/mol. The van der Waals surface area contributed by atoms with Crippen LogP contribution in [0.5, 0.6) is 0 Å². The number of hydrogen-bond acceptors (Lipinski definition) is 1. The van der Waals surface area contributed by atoms with Crippen LogP contribution in [0, 0.1) is 23.7 Å². The van der Waals surface area contributed by atoms with E-state index in [0.717, 1.165) is 23.7 Å². The maximum absolute atomic E-state index is 2.57. The molecule has 0 heterocycles. The molecule has 0 amide bonds. The number of fused-ring (bicyclic) bond motifs is 5. The van der Waals surface area contributed by atoms with Crippen molar-refractivity contribution in [2.45, 2.75) is 88.9 Å².